The molecule has 0 unspecified atom stereocenters. The molecule has 2 amide bonds. The van der Waals surface area contributed by atoms with Gasteiger partial charge in [0, 0.05) is 18.8 Å². The van der Waals surface area contributed by atoms with E-state index in [0.29, 0.717) is 85.9 Å². The van der Waals surface area contributed by atoms with Gasteiger partial charge in [0.2, 0.25) is 0 Å². The van der Waals surface area contributed by atoms with Crippen LogP contribution in [-0.2, 0) is 42.7 Å². The van der Waals surface area contributed by atoms with Crippen molar-refractivity contribution in [3.8, 4) is 0 Å². The Morgan fingerprint density at radius 3 is 1.23 bits per heavy atom. The van der Waals surface area contributed by atoms with Crippen molar-refractivity contribution in [3.63, 3.8) is 0 Å². The molecule has 204 valence electrons. The number of halogens is 1. The molecule has 0 saturated carbocycles. The van der Waals surface area contributed by atoms with Gasteiger partial charge >= 0.3 is 0 Å². The minimum absolute atomic E-state index is 0.251. The van der Waals surface area contributed by atoms with Crippen LogP contribution in [-0.4, -0.2) is 120 Å². The molecule has 0 bridgehead atoms. The maximum absolute atomic E-state index is 11.4. The summed E-state index contributed by atoms with van der Waals surface area (Å²) >= 11 is 2.41. The summed E-state index contributed by atoms with van der Waals surface area (Å²) in [6.45, 7) is 7.49. The summed E-state index contributed by atoms with van der Waals surface area (Å²) in [5.74, 6) is -0.595. The van der Waals surface area contributed by atoms with Gasteiger partial charge in [0.05, 0.1) is 92.4 Å². The number of carbonyl (C=O) groups excluding carboxylic acids is 2. The Labute approximate surface area is 223 Å². The molecule has 0 aromatic rings. The molecule has 35 heavy (non-hydrogen) atoms. The number of alkyl halides is 1. The third kappa shape index (κ3) is 20.1. The smallest absolute Gasteiger partial charge is 0.253 e. The van der Waals surface area contributed by atoms with Gasteiger partial charge in [-0.05, 0) is 17.3 Å². The van der Waals surface area contributed by atoms with Gasteiger partial charge in [0.25, 0.3) is 11.8 Å². The highest BCUT2D eigenvalue weighted by atomic mass is 127. The third-order valence-corrected chi connectivity index (χ3v) is 5.53. The SMILES string of the molecule is O=C1C=CC(=O)N1CCOCCOCCOCCOCCOCCOCCOCCCCCCI. The van der Waals surface area contributed by atoms with Crippen LogP contribution in [0.1, 0.15) is 25.7 Å². The van der Waals surface area contributed by atoms with Crippen molar-refractivity contribution in [3.05, 3.63) is 12.2 Å². The number of nitrogens with zero attached hydrogens (tertiary/aromatic N) is 1. The Balaban J connectivity index is 1.65. The Morgan fingerprint density at radius 2 is 0.829 bits per heavy atom. The molecule has 10 nitrogen and oxygen atoms in total. The highest BCUT2D eigenvalue weighted by molar-refractivity contribution is 14.1. The molecule has 0 spiro atoms. The van der Waals surface area contributed by atoms with Crippen LogP contribution >= 0.6 is 22.6 Å². The van der Waals surface area contributed by atoms with Crippen molar-refractivity contribution < 1.29 is 42.7 Å². The fraction of sp³-hybridized carbons (Fsp3) is 0.833. The van der Waals surface area contributed by atoms with E-state index in [2.05, 4.69) is 22.6 Å². The Morgan fingerprint density at radius 1 is 0.486 bits per heavy atom. The van der Waals surface area contributed by atoms with Crippen molar-refractivity contribution in [1.29, 1.82) is 0 Å². The first-order valence-corrected chi connectivity index (χ1v) is 13.9. The van der Waals surface area contributed by atoms with E-state index in [0.717, 1.165) is 17.9 Å². The van der Waals surface area contributed by atoms with Gasteiger partial charge < -0.3 is 33.2 Å². The predicted molar refractivity (Wildman–Crippen MR) is 139 cm³/mol. The van der Waals surface area contributed by atoms with E-state index in [1.807, 2.05) is 0 Å². The number of rotatable bonds is 27. The van der Waals surface area contributed by atoms with E-state index in [-0.39, 0.29) is 18.4 Å². The summed E-state index contributed by atoms with van der Waals surface area (Å²) < 4.78 is 39.3. The molecule has 0 N–H and O–H groups in total. The minimum atomic E-state index is -0.298. The van der Waals surface area contributed by atoms with Crippen molar-refractivity contribution in [2.24, 2.45) is 0 Å². The quantitative estimate of drug-likeness (QED) is 0.0595. The van der Waals surface area contributed by atoms with Gasteiger partial charge in [-0.15, -0.1) is 0 Å². The van der Waals surface area contributed by atoms with E-state index < -0.39 is 0 Å². The third-order valence-electron chi connectivity index (χ3n) is 4.76. The summed E-state index contributed by atoms with van der Waals surface area (Å²) in [5.41, 5.74) is 0. The normalized spacial score (nSPS) is 13.5. The average molecular weight is 616 g/mol. The zero-order valence-electron chi connectivity index (χ0n) is 20.8. The van der Waals surface area contributed by atoms with Gasteiger partial charge in [-0.25, -0.2) is 0 Å². The van der Waals surface area contributed by atoms with Gasteiger partial charge in [0.15, 0.2) is 0 Å². The topological polar surface area (TPSA) is 102 Å². The summed E-state index contributed by atoms with van der Waals surface area (Å²) in [6.07, 6.45) is 7.48. The molecule has 1 aliphatic heterocycles. The number of carbonyl (C=O) groups is 2. The van der Waals surface area contributed by atoms with Crippen LogP contribution in [0.2, 0.25) is 0 Å². The number of amides is 2. The standard InChI is InChI=1S/C24H42INO9/c25-7-3-1-2-4-9-29-11-13-31-15-17-33-19-21-35-22-20-34-18-16-32-14-12-30-10-8-26-23(27)5-6-24(26)28/h5-6H,1-4,7-22H2. The molecular formula is C24H42INO9. The number of hydrogen-bond acceptors (Lipinski definition) is 9. The molecule has 1 aliphatic rings. The van der Waals surface area contributed by atoms with E-state index in [9.17, 15) is 9.59 Å². The van der Waals surface area contributed by atoms with Gasteiger partial charge in [-0.1, -0.05) is 35.4 Å². The van der Waals surface area contributed by atoms with Crippen molar-refractivity contribution >= 4 is 34.4 Å². The first kappa shape index (κ1) is 32.4. The Bertz CT molecular complexity index is 533. The van der Waals surface area contributed by atoms with Crippen LogP contribution < -0.4 is 0 Å². The second kappa shape index (κ2) is 25.0. The molecule has 0 aromatic heterocycles. The van der Waals surface area contributed by atoms with Crippen molar-refractivity contribution in [2.75, 3.05) is 103 Å². The fourth-order valence-electron chi connectivity index (χ4n) is 2.88. The molecule has 0 saturated heterocycles. The highest BCUT2D eigenvalue weighted by Gasteiger charge is 2.22. The second-order valence-electron chi connectivity index (χ2n) is 7.55. The molecule has 0 aliphatic carbocycles. The van der Waals surface area contributed by atoms with Crippen LogP contribution in [0.25, 0.3) is 0 Å². The number of ether oxygens (including phenoxy) is 7. The summed E-state index contributed by atoms with van der Waals surface area (Å²) in [4.78, 5) is 23.9. The molecule has 11 heteroatoms. The van der Waals surface area contributed by atoms with E-state index >= 15 is 0 Å². The van der Waals surface area contributed by atoms with Crippen LogP contribution in [0.5, 0.6) is 0 Å². The molecule has 1 rings (SSSR count). The Hall–Kier alpha value is -0.670. The zero-order chi connectivity index (χ0) is 25.2. The lowest BCUT2D eigenvalue weighted by Crippen LogP contribution is -2.33. The molecule has 1 heterocycles. The lowest BCUT2D eigenvalue weighted by molar-refractivity contribution is -0.137. The molecule has 0 atom stereocenters. The maximum atomic E-state index is 11.4. The summed E-state index contributed by atoms with van der Waals surface area (Å²) in [6, 6.07) is 0. The van der Waals surface area contributed by atoms with Crippen LogP contribution in [0.3, 0.4) is 0 Å². The molecule has 0 aromatic carbocycles. The van der Waals surface area contributed by atoms with Crippen LogP contribution in [0.4, 0.5) is 0 Å². The van der Waals surface area contributed by atoms with E-state index in [1.165, 1.54) is 35.8 Å². The summed E-state index contributed by atoms with van der Waals surface area (Å²) in [5, 5.41) is 0. The molecular weight excluding hydrogens is 573 g/mol. The molecule has 0 radical (unpaired) electrons. The maximum Gasteiger partial charge on any atom is 0.253 e. The number of unbranched alkanes of at least 4 members (excludes halogenated alkanes) is 3. The zero-order valence-corrected chi connectivity index (χ0v) is 23.0. The van der Waals surface area contributed by atoms with Crippen LogP contribution in [0, 0.1) is 0 Å². The summed E-state index contributed by atoms with van der Waals surface area (Å²) in [7, 11) is 0. The number of hydrogen-bond donors (Lipinski definition) is 0. The second-order valence-corrected chi connectivity index (χ2v) is 8.63. The Kier molecular flexibility index (Phi) is 23.1. The highest BCUT2D eigenvalue weighted by Crippen LogP contribution is 2.03. The van der Waals surface area contributed by atoms with Crippen molar-refractivity contribution in [2.45, 2.75) is 25.7 Å². The lowest BCUT2D eigenvalue weighted by Gasteiger charge is -2.13. The lowest BCUT2D eigenvalue weighted by atomic mass is 10.2. The molecule has 0 fully saturated rings. The van der Waals surface area contributed by atoms with Gasteiger partial charge in [0.1, 0.15) is 0 Å². The van der Waals surface area contributed by atoms with Crippen LogP contribution in [0.15, 0.2) is 12.2 Å². The first-order chi connectivity index (χ1) is 17.3. The monoisotopic (exact) mass is 615 g/mol. The van der Waals surface area contributed by atoms with E-state index in [1.54, 1.807) is 0 Å². The van der Waals surface area contributed by atoms with Gasteiger partial charge in [-0.3, -0.25) is 14.5 Å². The fourth-order valence-corrected chi connectivity index (χ4v) is 3.42. The largest absolute Gasteiger partial charge is 0.379 e. The van der Waals surface area contributed by atoms with Gasteiger partial charge in [-0.2, -0.15) is 0 Å². The average Bonchev–Trinajstić information content (AvgIpc) is 3.18. The van der Waals surface area contributed by atoms with Crippen molar-refractivity contribution in [1.82, 2.24) is 4.90 Å². The number of imide groups is 1. The first-order valence-electron chi connectivity index (χ1n) is 12.4. The van der Waals surface area contributed by atoms with E-state index in [4.69, 9.17) is 33.2 Å². The minimum Gasteiger partial charge on any atom is -0.379 e. The predicted octanol–water partition coefficient (Wildman–Crippen LogP) is 2.02.